The average Bonchev–Trinajstić information content (AvgIpc) is 2.05. The summed E-state index contributed by atoms with van der Waals surface area (Å²) in [5.41, 5.74) is 1.25. The molecule has 0 amide bonds. The van der Waals surface area contributed by atoms with Crippen LogP contribution >= 0.6 is 11.6 Å². The van der Waals surface area contributed by atoms with Crippen LogP contribution in [0.25, 0.3) is 0 Å². The van der Waals surface area contributed by atoms with Gasteiger partial charge in [-0.2, -0.15) is 5.10 Å². The minimum Gasteiger partial charge on any atom is -0.300 e. The van der Waals surface area contributed by atoms with Crippen LogP contribution in [0.2, 0.25) is 5.15 Å². The Hall–Kier alpha value is -0.670. The first kappa shape index (κ1) is 12.4. The summed E-state index contributed by atoms with van der Waals surface area (Å²) >= 11 is 5.67. The molecule has 0 fully saturated rings. The topological polar surface area (TPSA) is 29.0 Å². The SMILES string of the molecule is CN(Cc1ccc(Cl)nn1)CC(C)(C)C. The van der Waals surface area contributed by atoms with Gasteiger partial charge in [-0.25, -0.2) is 0 Å². The highest BCUT2D eigenvalue weighted by Crippen LogP contribution is 2.15. The maximum Gasteiger partial charge on any atom is 0.151 e. The zero-order valence-electron chi connectivity index (χ0n) is 9.79. The number of aromatic nitrogens is 2. The van der Waals surface area contributed by atoms with E-state index in [0.29, 0.717) is 10.6 Å². The van der Waals surface area contributed by atoms with E-state index in [4.69, 9.17) is 11.6 Å². The van der Waals surface area contributed by atoms with E-state index in [0.717, 1.165) is 18.8 Å². The molecule has 0 saturated carbocycles. The van der Waals surface area contributed by atoms with Crippen molar-refractivity contribution in [2.24, 2.45) is 5.41 Å². The molecule has 1 aromatic rings. The number of hydrogen-bond acceptors (Lipinski definition) is 3. The molecular formula is C11H18ClN3. The summed E-state index contributed by atoms with van der Waals surface area (Å²) in [6, 6.07) is 3.68. The fourth-order valence-corrected chi connectivity index (χ4v) is 1.67. The van der Waals surface area contributed by atoms with E-state index in [2.05, 4.69) is 42.9 Å². The Morgan fingerprint density at radius 3 is 2.40 bits per heavy atom. The van der Waals surface area contributed by atoms with Gasteiger partial charge < -0.3 is 0 Å². The fourth-order valence-electron chi connectivity index (χ4n) is 1.57. The van der Waals surface area contributed by atoms with Crippen molar-refractivity contribution in [3.63, 3.8) is 0 Å². The standard InChI is InChI=1S/C11H18ClN3/c1-11(2,3)8-15(4)7-9-5-6-10(12)14-13-9/h5-6H,7-8H2,1-4H3. The van der Waals surface area contributed by atoms with Gasteiger partial charge in [0.1, 0.15) is 0 Å². The zero-order valence-corrected chi connectivity index (χ0v) is 10.5. The molecule has 0 unspecified atom stereocenters. The predicted octanol–water partition coefficient (Wildman–Crippen LogP) is 2.61. The lowest BCUT2D eigenvalue weighted by Gasteiger charge is -2.25. The molecule has 1 heterocycles. The van der Waals surface area contributed by atoms with E-state index in [1.165, 1.54) is 0 Å². The summed E-state index contributed by atoms with van der Waals surface area (Å²) in [6.45, 7) is 8.49. The van der Waals surface area contributed by atoms with Gasteiger partial charge in [0, 0.05) is 13.1 Å². The Morgan fingerprint density at radius 2 is 1.93 bits per heavy atom. The second-order valence-electron chi connectivity index (χ2n) is 5.08. The van der Waals surface area contributed by atoms with Gasteiger partial charge in [0.15, 0.2) is 5.15 Å². The van der Waals surface area contributed by atoms with Crippen LogP contribution in [0.5, 0.6) is 0 Å². The Kier molecular flexibility index (Phi) is 4.05. The van der Waals surface area contributed by atoms with Crippen LogP contribution in [0, 0.1) is 5.41 Å². The van der Waals surface area contributed by atoms with Gasteiger partial charge in [0.2, 0.25) is 0 Å². The summed E-state index contributed by atoms with van der Waals surface area (Å²) in [7, 11) is 2.08. The van der Waals surface area contributed by atoms with E-state index in [1.54, 1.807) is 6.07 Å². The van der Waals surface area contributed by atoms with Crippen molar-refractivity contribution in [3.05, 3.63) is 23.0 Å². The van der Waals surface area contributed by atoms with Crippen LogP contribution in [0.3, 0.4) is 0 Å². The van der Waals surface area contributed by atoms with Gasteiger partial charge in [0.25, 0.3) is 0 Å². The molecule has 1 rings (SSSR count). The third kappa shape index (κ3) is 5.09. The molecule has 0 spiro atoms. The lowest BCUT2D eigenvalue weighted by atomic mass is 9.96. The Balaban J connectivity index is 2.51. The van der Waals surface area contributed by atoms with Crippen LogP contribution in [0.1, 0.15) is 26.5 Å². The van der Waals surface area contributed by atoms with Gasteiger partial charge in [0.05, 0.1) is 5.69 Å². The summed E-state index contributed by atoms with van der Waals surface area (Å²) in [6.07, 6.45) is 0. The lowest BCUT2D eigenvalue weighted by molar-refractivity contribution is 0.218. The molecule has 0 saturated heterocycles. The van der Waals surface area contributed by atoms with Gasteiger partial charge in [-0.15, -0.1) is 5.10 Å². The maximum atomic E-state index is 5.67. The van der Waals surface area contributed by atoms with Crippen molar-refractivity contribution in [3.8, 4) is 0 Å². The summed E-state index contributed by atoms with van der Waals surface area (Å²) in [5, 5.41) is 8.28. The summed E-state index contributed by atoms with van der Waals surface area (Å²) in [5.74, 6) is 0. The average molecular weight is 228 g/mol. The van der Waals surface area contributed by atoms with Crippen LogP contribution in [0.4, 0.5) is 0 Å². The summed E-state index contributed by atoms with van der Waals surface area (Å²) in [4.78, 5) is 2.23. The number of nitrogens with zero attached hydrogens (tertiary/aromatic N) is 3. The highest BCUT2D eigenvalue weighted by Gasteiger charge is 2.13. The van der Waals surface area contributed by atoms with Crippen molar-refractivity contribution >= 4 is 11.6 Å². The molecule has 4 heteroatoms. The first-order chi connectivity index (χ1) is 6.87. The van der Waals surface area contributed by atoms with Crippen molar-refractivity contribution in [1.29, 1.82) is 0 Å². The normalized spacial score (nSPS) is 12.1. The molecule has 84 valence electrons. The first-order valence-corrected chi connectivity index (χ1v) is 5.41. The minimum atomic E-state index is 0.300. The van der Waals surface area contributed by atoms with Gasteiger partial charge in [-0.05, 0) is 24.6 Å². The van der Waals surface area contributed by atoms with E-state index in [1.807, 2.05) is 6.07 Å². The Labute approximate surface area is 96.5 Å². The van der Waals surface area contributed by atoms with Crippen LogP contribution in [0.15, 0.2) is 12.1 Å². The second-order valence-corrected chi connectivity index (χ2v) is 5.47. The fraction of sp³-hybridized carbons (Fsp3) is 0.636. The van der Waals surface area contributed by atoms with E-state index >= 15 is 0 Å². The van der Waals surface area contributed by atoms with Crippen LogP contribution in [-0.2, 0) is 6.54 Å². The number of hydrogen-bond donors (Lipinski definition) is 0. The van der Waals surface area contributed by atoms with Gasteiger partial charge >= 0.3 is 0 Å². The summed E-state index contributed by atoms with van der Waals surface area (Å²) < 4.78 is 0. The Morgan fingerprint density at radius 1 is 1.27 bits per heavy atom. The molecule has 0 aliphatic heterocycles. The highest BCUT2D eigenvalue weighted by molar-refractivity contribution is 6.29. The zero-order chi connectivity index (χ0) is 11.5. The van der Waals surface area contributed by atoms with E-state index < -0.39 is 0 Å². The van der Waals surface area contributed by atoms with Gasteiger partial charge in [-0.1, -0.05) is 32.4 Å². The molecular weight excluding hydrogens is 210 g/mol. The minimum absolute atomic E-state index is 0.300. The molecule has 0 aliphatic carbocycles. The third-order valence-corrected chi connectivity index (χ3v) is 2.06. The van der Waals surface area contributed by atoms with E-state index in [9.17, 15) is 0 Å². The highest BCUT2D eigenvalue weighted by atomic mass is 35.5. The number of halogens is 1. The Bertz CT molecular complexity index is 303. The third-order valence-electron chi connectivity index (χ3n) is 1.86. The maximum absolute atomic E-state index is 5.67. The van der Waals surface area contributed by atoms with E-state index in [-0.39, 0.29) is 0 Å². The largest absolute Gasteiger partial charge is 0.300 e. The molecule has 0 radical (unpaired) electrons. The van der Waals surface area contributed by atoms with Crippen molar-refractivity contribution in [2.75, 3.05) is 13.6 Å². The smallest absolute Gasteiger partial charge is 0.151 e. The quantitative estimate of drug-likeness (QED) is 0.795. The second kappa shape index (κ2) is 4.90. The molecule has 1 aromatic heterocycles. The molecule has 15 heavy (non-hydrogen) atoms. The van der Waals surface area contributed by atoms with Crippen LogP contribution < -0.4 is 0 Å². The van der Waals surface area contributed by atoms with Crippen molar-refractivity contribution in [1.82, 2.24) is 15.1 Å². The molecule has 0 atom stereocenters. The number of rotatable bonds is 3. The van der Waals surface area contributed by atoms with Crippen molar-refractivity contribution in [2.45, 2.75) is 27.3 Å². The first-order valence-electron chi connectivity index (χ1n) is 5.03. The van der Waals surface area contributed by atoms with Gasteiger partial charge in [-0.3, -0.25) is 4.90 Å². The van der Waals surface area contributed by atoms with Crippen molar-refractivity contribution < 1.29 is 0 Å². The van der Waals surface area contributed by atoms with Crippen LogP contribution in [-0.4, -0.2) is 28.7 Å². The lowest BCUT2D eigenvalue weighted by Crippen LogP contribution is -2.29. The monoisotopic (exact) mass is 227 g/mol. The molecule has 0 bridgehead atoms. The molecule has 0 N–H and O–H groups in total. The molecule has 0 aliphatic rings. The molecule has 3 nitrogen and oxygen atoms in total. The molecule has 0 aromatic carbocycles. The predicted molar refractivity (Wildman–Crippen MR) is 62.8 cm³/mol.